The molecule has 0 aromatic heterocycles. The van der Waals surface area contributed by atoms with Crippen LogP contribution in [0.2, 0.25) is 6.04 Å². The SMILES string of the molecule is C.O=S(=O)(O)C(F)(F)F.O=S(=O)(OCC[Si]12O[Si]3(c4ccccc4)O[Si]4(c5ccccc5)O[Si](c5ccccc5)(O1)O[Si]1(c5ccccc5)O[Si](c5ccccc5)(O2)O[Si](c2ccccc2)(O3)O[Si](c2ccccc2)(O4)O1)C(F)(F)F.[2HH]. The lowest BCUT2D eigenvalue weighted by molar-refractivity contribution is -0.0545. The van der Waals surface area contributed by atoms with Gasteiger partial charge in [0.15, 0.2) is 0 Å². The second-order valence-electron chi connectivity index (χ2n) is 17.8. The third-order valence-electron chi connectivity index (χ3n) is 12.4. The van der Waals surface area contributed by atoms with Gasteiger partial charge in [-0.3, -0.25) is 8.74 Å². The van der Waals surface area contributed by atoms with Crippen LogP contribution in [0, 0.1) is 0 Å². The first kappa shape index (κ1) is 59.4. The van der Waals surface area contributed by atoms with Crippen molar-refractivity contribution in [1.82, 2.24) is 0 Å². The smallest absolute Gasteiger partial charge is 0.370 e. The zero-order valence-corrected chi connectivity index (χ0v) is 50.2. The molecular weight excluding hydrogens is 1260 g/mol. The van der Waals surface area contributed by atoms with E-state index < -0.39 is 114 Å². The minimum absolute atomic E-state index is 0. The van der Waals surface area contributed by atoms with Crippen LogP contribution >= 0.6 is 0 Å². The van der Waals surface area contributed by atoms with Crippen LogP contribution in [-0.2, 0) is 73.8 Å². The minimum atomic E-state index is -6.20. The third kappa shape index (κ3) is 11.0. The van der Waals surface area contributed by atoms with Gasteiger partial charge in [-0.1, -0.05) is 220 Å². The summed E-state index contributed by atoms with van der Waals surface area (Å²) in [7, 11) is -52.6. The average Bonchev–Trinajstić information content (AvgIpc) is 1.13. The van der Waals surface area contributed by atoms with Gasteiger partial charge in [-0.15, -0.1) is 0 Å². The summed E-state index contributed by atoms with van der Waals surface area (Å²) < 4.78 is 224. The summed E-state index contributed by atoms with van der Waals surface area (Å²) in [6.45, 7) is -1.19. The Labute approximate surface area is 470 Å². The minimum Gasteiger partial charge on any atom is -0.370 e. The van der Waals surface area contributed by atoms with Crippen LogP contribution in [0.15, 0.2) is 212 Å². The Morgan fingerprint density at radius 3 is 0.679 bits per heavy atom. The first-order valence-electron chi connectivity index (χ1n) is 23.7. The Morgan fingerprint density at radius 2 is 0.519 bits per heavy atom. The van der Waals surface area contributed by atoms with Crippen molar-refractivity contribution < 1.29 is 103 Å². The van der Waals surface area contributed by atoms with Gasteiger partial charge in [0.05, 0.1) is 6.61 Å². The van der Waals surface area contributed by atoms with Crippen LogP contribution in [0.4, 0.5) is 26.3 Å². The van der Waals surface area contributed by atoms with E-state index in [4.69, 9.17) is 66.5 Å². The van der Waals surface area contributed by atoms with E-state index in [1.165, 1.54) is 0 Å². The topological polar surface area (TPSA) is 208 Å². The van der Waals surface area contributed by atoms with Gasteiger partial charge in [-0.25, -0.2) is 0 Å². The fourth-order valence-corrected chi connectivity index (χ4v) is 55.9. The Kier molecular flexibility index (Phi) is 15.9. The molecule has 6 aliphatic rings. The predicted molar refractivity (Wildman–Crippen MR) is 294 cm³/mol. The largest absolute Gasteiger partial charge is 0.523 e. The highest BCUT2D eigenvalue weighted by Gasteiger charge is 2.86. The molecule has 0 unspecified atom stereocenters. The molecule has 0 saturated carbocycles. The normalized spacial score (nSPS) is 30.7. The molecule has 0 spiro atoms. The van der Waals surface area contributed by atoms with Crippen molar-refractivity contribution in [3.8, 4) is 0 Å². The molecule has 8 bridgehead atoms. The van der Waals surface area contributed by atoms with Crippen molar-refractivity contribution >= 4 is 127 Å². The van der Waals surface area contributed by atoms with Crippen molar-refractivity contribution in [3.05, 3.63) is 212 Å². The van der Waals surface area contributed by atoms with Gasteiger partial charge >= 0.3 is 102 Å². The molecule has 7 aromatic rings. The van der Waals surface area contributed by atoms with Gasteiger partial charge in [0.1, 0.15) is 0 Å². The van der Waals surface area contributed by atoms with E-state index in [1.54, 1.807) is 194 Å². The molecule has 0 aliphatic carbocycles. The van der Waals surface area contributed by atoms with E-state index in [1.807, 2.05) is 18.2 Å². The van der Waals surface area contributed by atoms with Crippen molar-refractivity contribution in [2.45, 2.75) is 24.5 Å². The predicted octanol–water partition coefficient (Wildman–Crippen LogP) is 4.26. The monoisotopic (exact) mass is 1300 g/mol. The average molecular weight is 1300 g/mol. The summed E-state index contributed by atoms with van der Waals surface area (Å²) in [6, 6.07) is 60.6. The Morgan fingerprint density at radius 1 is 0.346 bits per heavy atom. The first-order valence-corrected chi connectivity index (χ1v) is 40.6. The zero-order valence-electron chi connectivity index (χ0n) is 40.6. The Bertz CT molecular complexity index is 3290. The molecule has 0 amide bonds. The second-order valence-corrected chi connectivity index (χ2v) is 44.3. The molecular formula is C47H46F6O18S2Si8. The maximum absolute atomic E-state index is 14.1. The van der Waals surface area contributed by atoms with Crippen LogP contribution in [0.25, 0.3) is 0 Å². The molecule has 6 aliphatic heterocycles. The van der Waals surface area contributed by atoms with E-state index in [0.717, 1.165) is 0 Å². The molecule has 428 valence electrons. The first-order chi connectivity index (χ1) is 37.9. The van der Waals surface area contributed by atoms with Crippen LogP contribution in [0.5, 0.6) is 0 Å². The molecule has 18 nitrogen and oxygen atoms in total. The standard InChI is InChI=1S/C45H39F3O15SSi8.CHF3O3S.CH4.H2/c46-45(47,48)64(49,50)51-36-37-65-52-66(38-22-8-1-9-23-38)55-69(41-28-14-4-15-29-41)57-67(53-65,39-24-10-2-11-25-39)59-71(43-32-18-6-19-33-43)60-68(54-65,40-26-12-3-13-27-40)58-70(56-66,42-30-16-5-17-31-42)62-72(61-69,63-71)44-34-20-7-21-35-44;2-1(3,4)8(5,6)7;;/h1-35H,36-37H2;(H,5,6,7);1H4;1H/i;;;1+1. The second kappa shape index (κ2) is 21.7. The summed E-state index contributed by atoms with van der Waals surface area (Å²) in [4.78, 5) is 0. The maximum Gasteiger partial charge on any atom is 0.523 e. The van der Waals surface area contributed by atoms with Gasteiger partial charge in [-0.05, 0) is 0 Å². The summed E-state index contributed by atoms with van der Waals surface area (Å²) in [6.07, 6.45) is 0. The van der Waals surface area contributed by atoms with E-state index in [9.17, 15) is 34.8 Å². The zero-order chi connectivity index (χ0) is 56.4. The molecule has 0 radical (unpaired) electrons. The van der Waals surface area contributed by atoms with Crippen LogP contribution in [0.1, 0.15) is 8.85 Å². The summed E-state index contributed by atoms with van der Waals surface area (Å²) >= 11 is 0. The molecule has 6 fully saturated rings. The third-order valence-corrected chi connectivity index (χ3v) is 48.4. The van der Waals surface area contributed by atoms with Gasteiger partial charge in [0, 0.05) is 43.8 Å². The van der Waals surface area contributed by atoms with Crippen molar-refractivity contribution in [1.29, 1.82) is 0 Å². The highest BCUT2D eigenvalue weighted by Crippen LogP contribution is 2.49. The van der Waals surface area contributed by atoms with E-state index in [2.05, 4.69) is 0 Å². The van der Waals surface area contributed by atoms with Crippen molar-refractivity contribution in [2.24, 2.45) is 0 Å². The van der Waals surface area contributed by atoms with E-state index >= 15 is 0 Å². The Hall–Kier alpha value is -4.80. The van der Waals surface area contributed by atoms with E-state index in [0.29, 0.717) is 20.7 Å². The quantitative estimate of drug-likeness (QED) is 0.0631. The molecule has 34 heteroatoms. The van der Waals surface area contributed by atoms with Crippen molar-refractivity contribution in [3.63, 3.8) is 0 Å². The molecule has 7 aromatic carbocycles. The number of halogens is 6. The van der Waals surface area contributed by atoms with Gasteiger partial charge in [-0.2, -0.15) is 43.2 Å². The fourth-order valence-electron chi connectivity index (χ4n) is 8.94. The number of alkyl halides is 6. The van der Waals surface area contributed by atoms with Crippen LogP contribution in [0.3, 0.4) is 0 Å². The van der Waals surface area contributed by atoms with Crippen LogP contribution < -0.4 is 36.3 Å². The fraction of sp³-hybridized carbons (Fsp3) is 0.106. The number of hydrogen-bond donors (Lipinski definition) is 1. The number of benzene rings is 7. The summed E-state index contributed by atoms with van der Waals surface area (Å²) in [5, 5.41) is 2.35. The van der Waals surface area contributed by atoms with Crippen molar-refractivity contribution in [2.75, 3.05) is 6.61 Å². The number of hydrogen-bond acceptors (Lipinski definition) is 17. The Balaban J connectivity index is 0.000000756. The summed E-state index contributed by atoms with van der Waals surface area (Å²) in [5.41, 5.74) is -11.3. The van der Waals surface area contributed by atoms with E-state index in [-0.39, 0.29) is 24.4 Å². The molecule has 0 atom stereocenters. The molecule has 81 heavy (non-hydrogen) atoms. The van der Waals surface area contributed by atoms with Gasteiger partial charge in [0.25, 0.3) is 0 Å². The highest BCUT2D eigenvalue weighted by atomic mass is 32.2. The maximum atomic E-state index is 14.1. The molecule has 6 saturated heterocycles. The van der Waals surface area contributed by atoms with Gasteiger partial charge in [0.2, 0.25) is 0 Å². The summed E-state index contributed by atoms with van der Waals surface area (Å²) in [5.74, 6) is 0. The number of rotatable bonds is 11. The van der Waals surface area contributed by atoms with Crippen LogP contribution in [-0.4, -0.2) is 109 Å². The lowest BCUT2D eigenvalue weighted by Crippen LogP contribution is -2.95. The lowest BCUT2D eigenvalue weighted by atomic mass is 10.4. The highest BCUT2D eigenvalue weighted by molar-refractivity contribution is 7.87. The lowest BCUT2D eigenvalue weighted by Gasteiger charge is -2.62. The van der Waals surface area contributed by atoms with Gasteiger partial charge < -0.3 is 49.4 Å². The molecule has 1 N–H and O–H groups in total. The molecule has 6 heterocycles. The molecule has 13 rings (SSSR count).